The molecule has 8 nitrogen and oxygen atoms in total. The molecule has 0 radical (unpaired) electrons. The summed E-state index contributed by atoms with van der Waals surface area (Å²) in [5.41, 5.74) is 2.76. The third-order valence-electron chi connectivity index (χ3n) is 3.59. The van der Waals surface area contributed by atoms with Crippen molar-refractivity contribution in [2.75, 3.05) is 24.3 Å². The summed E-state index contributed by atoms with van der Waals surface area (Å²) in [6, 6.07) is 9.71. The van der Waals surface area contributed by atoms with Gasteiger partial charge >= 0.3 is 0 Å². The summed E-state index contributed by atoms with van der Waals surface area (Å²) in [7, 11) is 1.63. The SMILES string of the molecule is COCc1cc(NCCc2ccc(NC(C)=O)cc2)n2ncnc2n1. The second-order valence-electron chi connectivity index (χ2n) is 5.59. The molecule has 0 bridgehead atoms. The highest BCUT2D eigenvalue weighted by Crippen LogP contribution is 2.13. The van der Waals surface area contributed by atoms with Gasteiger partial charge in [-0.15, -0.1) is 0 Å². The topological polar surface area (TPSA) is 93.4 Å². The molecular weight excluding hydrogens is 320 g/mol. The van der Waals surface area contributed by atoms with Crippen molar-refractivity contribution in [3.05, 3.63) is 47.9 Å². The molecule has 8 heteroatoms. The maximum atomic E-state index is 11.0. The minimum Gasteiger partial charge on any atom is -0.378 e. The number of anilines is 2. The minimum absolute atomic E-state index is 0.0733. The van der Waals surface area contributed by atoms with Crippen LogP contribution in [-0.2, 0) is 22.6 Å². The predicted molar refractivity (Wildman–Crippen MR) is 94.4 cm³/mol. The molecule has 0 atom stereocenters. The van der Waals surface area contributed by atoms with E-state index >= 15 is 0 Å². The molecule has 2 N–H and O–H groups in total. The van der Waals surface area contributed by atoms with Crippen molar-refractivity contribution in [3.63, 3.8) is 0 Å². The Bertz CT molecular complexity index is 859. The smallest absolute Gasteiger partial charge is 0.254 e. The van der Waals surface area contributed by atoms with Crippen molar-refractivity contribution in [3.8, 4) is 0 Å². The zero-order valence-electron chi connectivity index (χ0n) is 14.2. The molecule has 0 unspecified atom stereocenters. The average Bonchev–Trinajstić information content (AvgIpc) is 3.05. The van der Waals surface area contributed by atoms with Crippen molar-refractivity contribution >= 4 is 23.2 Å². The van der Waals surface area contributed by atoms with E-state index in [2.05, 4.69) is 25.7 Å². The summed E-state index contributed by atoms with van der Waals surface area (Å²) in [6.07, 6.45) is 2.31. The number of fused-ring (bicyclic) bond motifs is 1. The van der Waals surface area contributed by atoms with Crippen LogP contribution in [0.2, 0.25) is 0 Å². The molecular formula is C17H20N6O2. The number of rotatable bonds is 7. The summed E-state index contributed by atoms with van der Waals surface area (Å²) in [5.74, 6) is 1.29. The second-order valence-corrected chi connectivity index (χ2v) is 5.59. The monoisotopic (exact) mass is 340 g/mol. The number of methoxy groups -OCH3 is 1. The van der Waals surface area contributed by atoms with Crippen molar-refractivity contribution in [2.24, 2.45) is 0 Å². The summed E-state index contributed by atoms with van der Waals surface area (Å²) in [6.45, 7) is 2.64. The van der Waals surface area contributed by atoms with Crippen LogP contribution in [0.1, 0.15) is 18.2 Å². The molecule has 0 aliphatic carbocycles. The normalized spacial score (nSPS) is 10.8. The Balaban J connectivity index is 1.64. The van der Waals surface area contributed by atoms with Gasteiger partial charge in [-0.1, -0.05) is 12.1 Å². The van der Waals surface area contributed by atoms with E-state index in [1.165, 1.54) is 18.8 Å². The number of ether oxygens (including phenoxy) is 1. The number of nitrogens with one attached hydrogen (secondary N) is 2. The van der Waals surface area contributed by atoms with Gasteiger partial charge in [0.25, 0.3) is 5.78 Å². The van der Waals surface area contributed by atoms with Gasteiger partial charge in [-0.25, -0.2) is 4.98 Å². The maximum Gasteiger partial charge on any atom is 0.254 e. The van der Waals surface area contributed by atoms with Crippen molar-refractivity contribution in [1.29, 1.82) is 0 Å². The van der Waals surface area contributed by atoms with Gasteiger partial charge in [-0.3, -0.25) is 4.79 Å². The standard InChI is InChI=1S/C17H20N6O2/c1-12(24)21-14-5-3-13(4-6-14)7-8-18-16-9-15(10-25-2)22-17-19-11-20-23(16)17/h3-6,9,11,18H,7-8,10H2,1-2H3,(H,21,24). The molecule has 3 rings (SSSR count). The molecule has 2 heterocycles. The van der Waals surface area contributed by atoms with E-state index in [4.69, 9.17) is 4.74 Å². The largest absolute Gasteiger partial charge is 0.378 e. The number of carbonyl (C=O) groups is 1. The van der Waals surface area contributed by atoms with E-state index < -0.39 is 0 Å². The van der Waals surface area contributed by atoms with Gasteiger partial charge in [0.15, 0.2) is 0 Å². The fraction of sp³-hybridized carbons (Fsp3) is 0.294. The zero-order chi connectivity index (χ0) is 17.6. The Morgan fingerprint density at radius 1 is 1.28 bits per heavy atom. The van der Waals surface area contributed by atoms with Crippen LogP contribution in [0, 0.1) is 0 Å². The number of carbonyl (C=O) groups excluding carboxylic acids is 1. The molecule has 0 spiro atoms. The van der Waals surface area contributed by atoms with Gasteiger partial charge in [0.05, 0.1) is 12.3 Å². The van der Waals surface area contributed by atoms with E-state index in [1.54, 1.807) is 11.6 Å². The fourth-order valence-electron chi connectivity index (χ4n) is 2.50. The number of hydrogen-bond donors (Lipinski definition) is 2. The van der Waals surface area contributed by atoms with Crippen LogP contribution in [0.25, 0.3) is 5.78 Å². The van der Waals surface area contributed by atoms with Gasteiger partial charge in [0.1, 0.15) is 12.1 Å². The lowest BCUT2D eigenvalue weighted by atomic mass is 10.1. The molecule has 130 valence electrons. The van der Waals surface area contributed by atoms with Crippen LogP contribution in [0.3, 0.4) is 0 Å². The molecule has 25 heavy (non-hydrogen) atoms. The first-order valence-corrected chi connectivity index (χ1v) is 7.94. The predicted octanol–water partition coefficient (Wildman–Crippen LogP) is 1.88. The average molecular weight is 340 g/mol. The fourth-order valence-corrected chi connectivity index (χ4v) is 2.50. The molecule has 2 aromatic heterocycles. The van der Waals surface area contributed by atoms with Crippen LogP contribution in [0.15, 0.2) is 36.7 Å². The summed E-state index contributed by atoms with van der Waals surface area (Å²) >= 11 is 0. The number of amides is 1. The van der Waals surface area contributed by atoms with Crippen LogP contribution in [-0.4, -0.2) is 39.1 Å². The first kappa shape index (κ1) is 16.8. The Hall–Kier alpha value is -3.00. The zero-order valence-corrected chi connectivity index (χ0v) is 14.2. The molecule has 0 aliphatic rings. The van der Waals surface area contributed by atoms with Crippen LogP contribution in [0.4, 0.5) is 11.5 Å². The number of nitrogens with zero attached hydrogens (tertiary/aromatic N) is 4. The summed E-state index contributed by atoms with van der Waals surface area (Å²) in [5, 5.41) is 10.3. The number of benzene rings is 1. The van der Waals surface area contributed by atoms with Gasteiger partial charge < -0.3 is 15.4 Å². The number of hydrogen-bond acceptors (Lipinski definition) is 6. The van der Waals surface area contributed by atoms with Crippen LogP contribution in [0.5, 0.6) is 0 Å². The lowest BCUT2D eigenvalue weighted by molar-refractivity contribution is -0.114. The van der Waals surface area contributed by atoms with Crippen molar-refractivity contribution < 1.29 is 9.53 Å². The maximum absolute atomic E-state index is 11.0. The first-order valence-electron chi connectivity index (χ1n) is 7.94. The van der Waals surface area contributed by atoms with Gasteiger partial charge in [-0.2, -0.15) is 14.6 Å². The van der Waals surface area contributed by atoms with E-state index in [9.17, 15) is 4.79 Å². The van der Waals surface area contributed by atoms with E-state index in [0.717, 1.165) is 30.2 Å². The summed E-state index contributed by atoms with van der Waals surface area (Å²) in [4.78, 5) is 19.5. The molecule has 0 aliphatic heterocycles. The molecule has 0 fully saturated rings. The highest BCUT2D eigenvalue weighted by atomic mass is 16.5. The lowest BCUT2D eigenvalue weighted by Gasteiger charge is -2.10. The Morgan fingerprint density at radius 2 is 2.08 bits per heavy atom. The van der Waals surface area contributed by atoms with Crippen LogP contribution >= 0.6 is 0 Å². The number of aromatic nitrogens is 4. The second kappa shape index (κ2) is 7.71. The molecule has 1 amide bonds. The van der Waals surface area contributed by atoms with Gasteiger partial charge in [-0.05, 0) is 24.1 Å². The van der Waals surface area contributed by atoms with Crippen molar-refractivity contribution in [2.45, 2.75) is 20.0 Å². The van der Waals surface area contributed by atoms with Gasteiger partial charge in [0.2, 0.25) is 5.91 Å². The van der Waals surface area contributed by atoms with Crippen LogP contribution < -0.4 is 10.6 Å². The van der Waals surface area contributed by atoms with E-state index in [0.29, 0.717) is 12.4 Å². The summed E-state index contributed by atoms with van der Waals surface area (Å²) < 4.78 is 6.81. The first-order chi connectivity index (χ1) is 12.2. The van der Waals surface area contributed by atoms with Gasteiger partial charge in [0, 0.05) is 32.3 Å². The highest BCUT2D eigenvalue weighted by molar-refractivity contribution is 5.88. The lowest BCUT2D eigenvalue weighted by Crippen LogP contribution is -2.11. The van der Waals surface area contributed by atoms with E-state index in [1.807, 2.05) is 30.3 Å². The quantitative estimate of drug-likeness (QED) is 0.682. The Labute approximate surface area is 145 Å². The molecule has 3 aromatic rings. The van der Waals surface area contributed by atoms with E-state index in [-0.39, 0.29) is 5.91 Å². The molecule has 0 saturated carbocycles. The Kier molecular flexibility index (Phi) is 5.20. The third-order valence-corrected chi connectivity index (χ3v) is 3.59. The van der Waals surface area contributed by atoms with Crippen molar-refractivity contribution in [1.82, 2.24) is 19.6 Å². The highest BCUT2D eigenvalue weighted by Gasteiger charge is 2.07. The molecule has 0 saturated heterocycles. The molecule has 1 aromatic carbocycles. The third kappa shape index (κ3) is 4.30. The minimum atomic E-state index is -0.0733. The Morgan fingerprint density at radius 3 is 2.80 bits per heavy atom.